The minimum absolute atomic E-state index is 0.111. The number of nitrogens with one attached hydrogen (secondary N) is 4. The van der Waals surface area contributed by atoms with Crippen LogP contribution in [0.4, 0.5) is 0 Å². The first-order valence-electron chi connectivity index (χ1n) is 29.2. The van der Waals surface area contributed by atoms with E-state index in [4.69, 9.17) is 18.9 Å². The number of hydrogen-bond acceptors (Lipinski definition) is 16. The molecular formula is C64H84N4O16S4. The van der Waals surface area contributed by atoms with Gasteiger partial charge in [-0.25, -0.2) is 19.2 Å². The van der Waals surface area contributed by atoms with Gasteiger partial charge < -0.3 is 60.6 Å². The van der Waals surface area contributed by atoms with Crippen LogP contribution in [-0.2, 0) is 60.0 Å². The average Bonchev–Trinajstić information content (AvgIpc) is 2.62. The smallest absolute Gasteiger partial charge is 0.394 e. The summed E-state index contributed by atoms with van der Waals surface area (Å²) in [4.78, 5) is 99.1. The number of aliphatic carboxylic acids is 4. The number of hydrogen-bond donors (Lipinski definition) is 8. The van der Waals surface area contributed by atoms with E-state index in [-0.39, 0.29) is 52.6 Å². The summed E-state index contributed by atoms with van der Waals surface area (Å²) in [6.07, 6.45) is 3.42. The Morgan fingerprint density at radius 1 is 0.307 bits per heavy atom. The average molecular weight is 1290 g/mol. The van der Waals surface area contributed by atoms with Crippen molar-refractivity contribution in [3.63, 3.8) is 0 Å². The molecule has 1 aliphatic heterocycles. The van der Waals surface area contributed by atoms with Crippen LogP contribution < -0.4 is 40.2 Å². The Morgan fingerprint density at radius 2 is 0.466 bits per heavy atom. The molecule has 0 radical (unpaired) electrons. The van der Waals surface area contributed by atoms with Crippen molar-refractivity contribution in [1.29, 1.82) is 0 Å². The highest BCUT2D eigenvalue weighted by molar-refractivity contribution is 8.01. The molecule has 0 spiro atoms. The van der Waals surface area contributed by atoms with Crippen molar-refractivity contribution in [2.45, 2.75) is 195 Å². The summed E-state index contributed by atoms with van der Waals surface area (Å²) in [6.45, 7) is 26.7. The third-order valence-electron chi connectivity index (χ3n) is 13.6. The molecular weight excluding hydrogens is 1210 g/mol. The van der Waals surface area contributed by atoms with E-state index >= 15 is 0 Å². The van der Waals surface area contributed by atoms with Crippen LogP contribution >= 0.6 is 47.0 Å². The highest BCUT2D eigenvalue weighted by Crippen LogP contribution is 2.56. The first-order valence-corrected chi connectivity index (χ1v) is 32.4. The Balaban J connectivity index is 1.88. The summed E-state index contributed by atoms with van der Waals surface area (Å²) in [5.41, 5.74) is 2.31. The van der Waals surface area contributed by atoms with E-state index in [9.17, 15) is 58.8 Å². The lowest BCUT2D eigenvalue weighted by Gasteiger charge is -2.28. The van der Waals surface area contributed by atoms with Crippen molar-refractivity contribution in [2.75, 3.05) is 52.6 Å². The molecule has 8 N–H and O–H groups in total. The first kappa shape index (κ1) is 72.0. The highest BCUT2D eigenvalue weighted by Gasteiger charge is 2.31. The van der Waals surface area contributed by atoms with Crippen LogP contribution in [0.1, 0.15) is 157 Å². The summed E-state index contributed by atoms with van der Waals surface area (Å²) in [7, 11) is 0. The van der Waals surface area contributed by atoms with Crippen LogP contribution in [0.25, 0.3) is 0 Å². The molecule has 24 heteroatoms. The third-order valence-corrected chi connectivity index (χ3v) is 17.8. The minimum atomic E-state index is -1.58. The fourth-order valence-electron chi connectivity index (χ4n) is 8.40. The molecule has 0 aliphatic carbocycles. The molecule has 1 heterocycles. The number of rotatable bonds is 24. The molecule has 5 rings (SSSR count). The van der Waals surface area contributed by atoms with Gasteiger partial charge in [0.05, 0.1) is 65.6 Å². The second kappa shape index (κ2) is 32.1. The van der Waals surface area contributed by atoms with Gasteiger partial charge in [-0.1, -0.05) is 130 Å². The number of fused-ring (bicyclic) bond motifs is 8. The topological polar surface area (TPSA) is 303 Å². The predicted molar refractivity (Wildman–Crippen MR) is 339 cm³/mol. The predicted octanol–water partition coefficient (Wildman–Crippen LogP) is 11.2. The molecule has 4 aromatic rings. The van der Waals surface area contributed by atoms with E-state index in [2.05, 4.69) is 153 Å². The number of ether oxygens (including phenoxy) is 4. The fraction of sp³-hybridized carbons (Fsp3) is 0.500. The Morgan fingerprint density at radius 3 is 0.602 bits per heavy atom. The molecule has 0 saturated carbocycles. The van der Waals surface area contributed by atoms with E-state index < -0.39 is 69.2 Å². The summed E-state index contributed by atoms with van der Waals surface area (Å²) in [5.74, 6) is -8.51. The Hall–Kier alpha value is -6.76. The van der Waals surface area contributed by atoms with Gasteiger partial charge in [0, 0.05) is 26.2 Å². The van der Waals surface area contributed by atoms with Crippen LogP contribution in [-0.4, -0.2) is 121 Å². The lowest BCUT2D eigenvalue weighted by molar-refractivity contribution is -0.150. The molecule has 0 aromatic heterocycles. The molecule has 88 heavy (non-hydrogen) atoms. The van der Waals surface area contributed by atoms with Crippen LogP contribution in [0.2, 0.25) is 0 Å². The molecule has 0 unspecified atom stereocenters. The molecule has 4 aromatic carbocycles. The maximum absolute atomic E-state index is 12.0. The molecule has 480 valence electrons. The summed E-state index contributed by atoms with van der Waals surface area (Å²) in [5, 5.41) is 46.6. The van der Waals surface area contributed by atoms with Gasteiger partial charge in [-0.3, -0.25) is 19.2 Å². The molecule has 8 bridgehead atoms. The molecule has 4 amide bonds. The second-order valence-corrected chi connectivity index (χ2v) is 29.4. The number of carbonyl (C=O) groups excluding carboxylic acids is 4. The number of amides is 4. The summed E-state index contributed by atoms with van der Waals surface area (Å²) in [6, 6.07) is 17.0. The summed E-state index contributed by atoms with van der Waals surface area (Å²) < 4.78 is 27.9. The largest absolute Gasteiger partial charge is 0.491 e. The van der Waals surface area contributed by atoms with Gasteiger partial charge in [0.25, 0.3) is 0 Å². The van der Waals surface area contributed by atoms with E-state index in [1.54, 1.807) is 0 Å². The monoisotopic (exact) mass is 1290 g/mol. The van der Waals surface area contributed by atoms with Gasteiger partial charge in [0.1, 0.15) is 23.0 Å². The fourth-order valence-corrected chi connectivity index (χ4v) is 13.2. The number of benzene rings is 4. The van der Waals surface area contributed by atoms with Gasteiger partial charge in [-0.2, -0.15) is 0 Å². The number of unbranched alkanes of at least 4 members (excludes halogenated alkanes) is 4. The van der Waals surface area contributed by atoms with E-state index in [0.717, 1.165) is 61.4 Å². The quantitative estimate of drug-likeness (QED) is 0.0210. The van der Waals surface area contributed by atoms with E-state index in [0.29, 0.717) is 74.4 Å². The van der Waals surface area contributed by atoms with Crippen molar-refractivity contribution < 1.29 is 77.7 Å². The van der Waals surface area contributed by atoms with Crippen molar-refractivity contribution in [2.24, 2.45) is 0 Å². The van der Waals surface area contributed by atoms with Gasteiger partial charge in [-0.15, -0.1) is 0 Å². The maximum Gasteiger partial charge on any atom is 0.394 e. The molecule has 20 nitrogen and oxygen atoms in total. The zero-order chi connectivity index (χ0) is 65.3. The molecule has 0 fully saturated rings. The number of carbonyl (C=O) groups is 8. The SMILES string of the molecule is CC(C)(C)c1cc2c(OCCCCNC(=O)C(=O)O)c(c1)Sc1cc(C(C)(C)C)cc(c1OCCCCNC(=O)C(=O)O)Sc1cc(C(C)(C)C)cc(c1OCCCCNC(=O)C(=O)O)Sc1cc(C(C)(C)C)cc(c1OCCCCNC(=O)C(=O)O)S2. The minimum Gasteiger partial charge on any atom is -0.491 e. The first-order chi connectivity index (χ1) is 41.1. The lowest BCUT2D eigenvalue weighted by Crippen LogP contribution is -2.31. The second-order valence-electron chi connectivity index (χ2n) is 25.1. The number of carboxylic acids is 4. The zero-order valence-corrected chi connectivity index (χ0v) is 55.5. The molecule has 1 aliphatic rings. The maximum atomic E-state index is 12.0. The third kappa shape index (κ3) is 21.8. The normalized spacial score (nSPS) is 12.5. The van der Waals surface area contributed by atoms with Crippen LogP contribution in [0.15, 0.2) is 87.7 Å². The van der Waals surface area contributed by atoms with Crippen molar-refractivity contribution >= 4 is 94.6 Å². The van der Waals surface area contributed by atoms with Crippen molar-refractivity contribution in [3.05, 3.63) is 70.8 Å². The Bertz CT molecular complexity index is 2700. The van der Waals surface area contributed by atoms with Gasteiger partial charge in [0.2, 0.25) is 0 Å². The molecule has 0 atom stereocenters. The highest BCUT2D eigenvalue weighted by atomic mass is 32.2. The van der Waals surface area contributed by atoms with E-state index in [1.807, 2.05) is 0 Å². The van der Waals surface area contributed by atoms with Crippen LogP contribution in [0.5, 0.6) is 23.0 Å². The van der Waals surface area contributed by atoms with Gasteiger partial charge in [-0.05, 0) is 144 Å². The van der Waals surface area contributed by atoms with Crippen LogP contribution in [0.3, 0.4) is 0 Å². The van der Waals surface area contributed by atoms with Gasteiger partial charge in [0.15, 0.2) is 0 Å². The van der Waals surface area contributed by atoms with Crippen molar-refractivity contribution in [1.82, 2.24) is 21.3 Å². The van der Waals surface area contributed by atoms with Crippen LogP contribution in [0, 0.1) is 0 Å². The van der Waals surface area contributed by atoms with E-state index in [1.165, 1.54) is 47.0 Å². The standard InChI is InChI=1S/C64H84N4O16S4/c1-61(2,3)37-29-41-49(81-25-17-13-21-65-53(69)57(73)74)42(30-37)86-44-32-39(63(7,8)9)34-46(51(44)83-27-19-15-23-67-55(71)59(77)78)88-48-36-40(64(10,11)12)35-47(52(48)84-28-20-16-24-68-56(72)60(79)80)87-45-33-38(62(4,5)6)31-43(85-41)50(45)82-26-18-14-22-66-54(70)58(75)76/h29-36H,13-28H2,1-12H3,(H,65,69)(H,66,70)(H,67,71)(H,68,72)(H,73,74)(H,75,76)(H,77,78)(H,79,80). The summed E-state index contributed by atoms with van der Waals surface area (Å²) >= 11 is 5.87. The van der Waals surface area contributed by atoms with Gasteiger partial charge >= 0.3 is 47.5 Å². The van der Waals surface area contributed by atoms with Crippen molar-refractivity contribution in [3.8, 4) is 23.0 Å². The Kier molecular flexibility index (Phi) is 26.3. The number of carboxylic acid groups (broad SMARTS) is 4. The lowest BCUT2D eigenvalue weighted by atomic mass is 9.87. The Labute approximate surface area is 532 Å². The molecule has 0 saturated heterocycles. The zero-order valence-electron chi connectivity index (χ0n) is 52.3.